The molecule has 0 saturated carbocycles. The topological polar surface area (TPSA) is 102 Å². The number of hydrogen-bond donors (Lipinski definition) is 2. The van der Waals surface area contributed by atoms with Gasteiger partial charge >= 0.3 is 0 Å². The molecule has 9 heteroatoms. The third-order valence-corrected chi connectivity index (χ3v) is 3.59. The molecule has 7 nitrogen and oxygen atoms in total. The van der Waals surface area contributed by atoms with Crippen LogP contribution in [-0.4, -0.2) is 21.1 Å². The number of hydrogen-bond acceptors (Lipinski definition) is 6. The van der Waals surface area contributed by atoms with Gasteiger partial charge in [0.2, 0.25) is 0 Å². The standard InChI is InChI=1S/C16H14ClFN6O/c17-12-6-11(3-4-13(12)18)22-16(19)15-14(23-25-24-15)9-21-8-10-2-1-5-20-7-10/h1-7,21H,8-9H2,(H2,19,22). The van der Waals surface area contributed by atoms with E-state index in [0.717, 1.165) is 5.56 Å². The third-order valence-electron chi connectivity index (χ3n) is 3.30. The fourth-order valence-electron chi connectivity index (χ4n) is 2.09. The molecule has 3 aromatic rings. The van der Waals surface area contributed by atoms with Gasteiger partial charge in [-0.05, 0) is 35.0 Å². The summed E-state index contributed by atoms with van der Waals surface area (Å²) in [5.74, 6) is -0.426. The minimum absolute atomic E-state index is 0.0364. The number of benzene rings is 1. The van der Waals surface area contributed by atoms with E-state index in [2.05, 4.69) is 25.6 Å². The third kappa shape index (κ3) is 4.37. The lowest BCUT2D eigenvalue weighted by atomic mass is 10.2. The Morgan fingerprint density at radius 3 is 2.92 bits per heavy atom. The normalized spacial score (nSPS) is 11.7. The van der Waals surface area contributed by atoms with Crippen LogP contribution in [0.5, 0.6) is 0 Å². The van der Waals surface area contributed by atoms with E-state index in [1.165, 1.54) is 18.2 Å². The van der Waals surface area contributed by atoms with Crippen LogP contribution in [0.1, 0.15) is 17.0 Å². The van der Waals surface area contributed by atoms with Crippen LogP contribution in [0, 0.1) is 5.82 Å². The van der Waals surface area contributed by atoms with Crippen molar-refractivity contribution in [2.75, 3.05) is 0 Å². The Bertz CT molecular complexity index is 883. The number of rotatable bonds is 6. The van der Waals surface area contributed by atoms with E-state index in [1.54, 1.807) is 12.4 Å². The predicted molar refractivity (Wildman–Crippen MR) is 90.9 cm³/mol. The zero-order valence-electron chi connectivity index (χ0n) is 13.0. The van der Waals surface area contributed by atoms with Gasteiger partial charge in [0.15, 0.2) is 11.5 Å². The van der Waals surface area contributed by atoms with Gasteiger partial charge in [0.1, 0.15) is 11.5 Å². The summed E-state index contributed by atoms with van der Waals surface area (Å²) >= 11 is 5.73. The molecular weight excluding hydrogens is 347 g/mol. The Morgan fingerprint density at radius 2 is 2.16 bits per heavy atom. The summed E-state index contributed by atoms with van der Waals surface area (Å²) in [6.07, 6.45) is 3.48. The van der Waals surface area contributed by atoms with Crippen LogP contribution in [0.3, 0.4) is 0 Å². The Balaban J connectivity index is 1.69. The van der Waals surface area contributed by atoms with Crippen LogP contribution in [0.25, 0.3) is 0 Å². The average molecular weight is 361 g/mol. The van der Waals surface area contributed by atoms with E-state index in [1.807, 2.05) is 12.1 Å². The van der Waals surface area contributed by atoms with Gasteiger partial charge in [-0.25, -0.2) is 14.0 Å². The van der Waals surface area contributed by atoms with Crippen LogP contribution in [-0.2, 0) is 13.1 Å². The molecule has 3 N–H and O–H groups in total. The molecule has 0 amide bonds. The van der Waals surface area contributed by atoms with Gasteiger partial charge in [0, 0.05) is 25.5 Å². The lowest BCUT2D eigenvalue weighted by Gasteiger charge is -2.03. The Hall–Kier alpha value is -2.84. The quantitative estimate of drug-likeness (QED) is 0.517. The summed E-state index contributed by atoms with van der Waals surface area (Å²) in [4.78, 5) is 8.22. The van der Waals surface area contributed by atoms with Gasteiger partial charge in [-0.1, -0.05) is 22.8 Å². The molecular formula is C16H14ClFN6O. The number of nitrogens with zero attached hydrogens (tertiary/aromatic N) is 4. The highest BCUT2D eigenvalue weighted by Gasteiger charge is 2.14. The molecule has 0 saturated heterocycles. The van der Waals surface area contributed by atoms with E-state index in [-0.39, 0.29) is 10.9 Å². The smallest absolute Gasteiger partial charge is 0.174 e. The highest BCUT2D eigenvalue weighted by molar-refractivity contribution is 6.31. The second kappa shape index (κ2) is 7.82. The Morgan fingerprint density at radius 1 is 1.28 bits per heavy atom. The summed E-state index contributed by atoms with van der Waals surface area (Å²) in [6.45, 7) is 0.985. The number of aliphatic imine (C=N–C) groups is 1. The molecule has 3 rings (SSSR count). The van der Waals surface area contributed by atoms with Gasteiger partial charge in [0.05, 0.1) is 10.7 Å². The number of aromatic nitrogens is 3. The molecule has 1 aromatic carbocycles. The number of halogens is 2. The molecule has 0 aliphatic heterocycles. The minimum atomic E-state index is -0.525. The molecule has 128 valence electrons. The van der Waals surface area contributed by atoms with E-state index in [0.29, 0.717) is 30.2 Å². The van der Waals surface area contributed by atoms with Gasteiger partial charge in [-0.2, -0.15) is 0 Å². The average Bonchev–Trinajstić information content (AvgIpc) is 3.08. The first kappa shape index (κ1) is 17.0. The highest BCUT2D eigenvalue weighted by atomic mass is 35.5. The van der Waals surface area contributed by atoms with E-state index < -0.39 is 5.82 Å². The summed E-state index contributed by atoms with van der Waals surface area (Å²) < 4.78 is 17.9. The Labute approximate surface area is 147 Å². The molecule has 2 aromatic heterocycles. The van der Waals surface area contributed by atoms with Crippen LogP contribution in [0.15, 0.2) is 52.3 Å². The largest absolute Gasteiger partial charge is 0.382 e. The molecule has 0 radical (unpaired) electrons. The maximum Gasteiger partial charge on any atom is 0.174 e. The number of amidine groups is 1. The fraction of sp³-hybridized carbons (Fsp3) is 0.125. The first-order valence-electron chi connectivity index (χ1n) is 7.34. The van der Waals surface area contributed by atoms with Crippen molar-refractivity contribution in [2.45, 2.75) is 13.1 Å². The number of nitrogens with one attached hydrogen (secondary N) is 1. The molecule has 0 spiro atoms. The second-order valence-corrected chi connectivity index (χ2v) is 5.53. The molecule has 0 unspecified atom stereocenters. The lowest BCUT2D eigenvalue weighted by molar-refractivity contribution is 0.301. The van der Waals surface area contributed by atoms with Crippen molar-refractivity contribution >= 4 is 23.1 Å². The van der Waals surface area contributed by atoms with E-state index in [4.69, 9.17) is 22.0 Å². The number of pyridine rings is 1. The minimum Gasteiger partial charge on any atom is -0.382 e. The van der Waals surface area contributed by atoms with E-state index >= 15 is 0 Å². The van der Waals surface area contributed by atoms with Gasteiger partial charge in [-0.3, -0.25) is 4.98 Å². The number of nitrogens with two attached hydrogens (primary N) is 1. The van der Waals surface area contributed by atoms with Gasteiger partial charge in [-0.15, -0.1) is 0 Å². The van der Waals surface area contributed by atoms with Gasteiger partial charge in [0.25, 0.3) is 0 Å². The Kier molecular flexibility index (Phi) is 5.32. The predicted octanol–water partition coefficient (Wildman–Crippen LogP) is 2.58. The van der Waals surface area contributed by atoms with Crippen molar-refractivity contribution in [3.63, 3.8) is 0 Å². The van der Waals surface area contributed by atoms with Crippen molar-refractivity contribution in [2.24, 2.45) is 10.7 Å². The SMILES string of the molecule is NC(=Nc1ccc(F)c(Cl)c1)c1nonc1CNCc1cccnc1. The molecule has 0 fully saturated rings. The molecule has 0 atom stereocenters. The van der Waals surface area contributed by atoms with E-state index in [9.17, 15) is 4.39 Å². The van der Waals surface area contributed by atoms with Gasteiger partial charge < -0.3 is 11.1 Å². The van der Waals surface area contributed by atoms with Crippen molar-refractivity contribution in [1.82, 2.24) is 20.6 Å². The first-order chi connectivity index (χ1) is 12.1. The second-order valence-electron chi connectivity index (χ2n) is 5.12. The summed E-state index contributed by atoms with van der Waals surface area (Å²) in [7, 11) is 0. The van der Waals surface area contributed by atoms with Crippen molar-refractivity contribution < 1.29 is 9.02 Å². The fourth-order valence-corrected chi connectivity index (χ4v) is 2.27. The highest BCUT2D eigenvalue weighted by Crippen LogP contribution is 2.22. The van der Waals surface area contributed by atoms with Crippen LogP contribution < -0.4 is 11.1 Å². The summed E-state index contributed by atoms with van der Waals surface area (Å²) in [5, 5.41) is 10.8. The maximum absolute atomic E-state index is 13.2. The molecule has 0 aliphatic carbocycles. The van der Waals surface area contributed by atoms with Crippen molar-refractivity contribution in [3.8, 4) is 0 Å². The molecule has 2 heterocycles. The van der Waals surface area contributed by atoms with Crippen LogP contribution >= 0.6 is 11.6 Å². The van der Waals surface area contributed by atoms with Crippen molar-refractivity contribution in [3.05, 3.63) is 70.5 Å². The van der Waals surface area contributed by atoms with Crippen LogP contribution in [0.4, 0.5) is 10.1 Å². The van der Waals surface area contributed by atoms with Crippen molar-refractivity contribution in [1.29, 1.82) is 0 Å². The van der Waals surface area contributed by atoms with Crippen LogP contribution in [0.2, 0.25) is 5.02 Å². The summed E-state index contributed by atoms with van der Waals surface area (Å²) in [6, 6.07) is 7.86. The zero-order valence-corrected chi connectivity index (χ0v) is 13.7. The molecule has 0 bridgehead atoms. The lowest BCUT2D eigenvalue weighted by Crippen LogP contribution is -2.19. The summed E-state index contributed by atoms with van der Waals surface area (Å²) in [5.41, 5.74) is 8.22. The monoisotopic (exact) mass is 360 g/mol. The first-order valence-corrected chi connectivity index (χ1v) is 7.72. The maximum atomic E-state index is 13.2. The molecule has 0 aliphatic rings. The zero-order chi connectivity index (χ0) is 17.6. The molecule has 25 heavy (non-hydrogen) atoms.